The van der Waals surface area contributed by atoms with Crippen LogP contribution in [0.3, 0.4) is 0 Å². The van der Waals surface area contributed by atoms with Crippen LogP contribution in [0.15, 0.2) is 24.3 Å². The molecule has 1 heterocycles. The van der Waals surface area contributed by atoms with E-state index in [0.29, 0.717) is 11.6 Å². The monoisotopic (exact) mass is 354 g/mol. The van der Waals surface area contributed by atoms with E-state index in [1.165, 1.54) is 22.5 Å². The predicted octanol–water partition coefficient (Wildman–Crippen LogP) is 1.32. The minimum absolute atomic E-state index is 0.0414. The summed E-state index contributed by atoms with van der Waals surface area (Å²) in [5.41, 5.74) is 2.35. The zero-order valence-corrected chi connectivity index (χ0v) is 14.5. The molecule has 0 atom stereocenters. The van der Waals surface area contributed by atoms with Crippen molar-refractivity contribution in [3.8, 4) is 0 Å². The average Bonchev–Trinajstić information content (AvgIpc) is 2.87. The van der Waals surface area contributed by atoms with Gasteiger partial charge >= 0.3 is 0 Å². The van der Waals surface area contributed by atoms with Crippen molar-refractivity contribution in [3.63, 3.8) is 0 Å². The topological polar surface area (TPSA) is 101 Å². The molecule has 2 N–H and O–H groups in total. The molecule has 0 radical (unpaired) electrons. The minimum Gasteiger partial charge on any atom is -0.300 e. The summed E-state index contributed by atoms with van der Waals surface area (Å²) in [6.45, 7) is 2.09. The number of anilines is 1. The fourth-order valence-electron chi connectivity index (χ4n) is 1.88. The maximum absolute atomic E-state index is 11.7. The number of hydrogen-bond donors (Lipinski definition) is 2. The maximum atomic E-state index is 11.7. The molecular weight excluding hydrogens is 336 g/mol. The molecule has 0 bridgehead atoms. The minimum atomic E-state index is -3.28. The summed E-state index contributed by atoms with van der Waals surface area (Å²) < 4.78 is 24.1. The van der Waals surface area contributed by atoms with Crippen LogP contribution in [-0.2, 0) is 21.2 Å². The van der Waals surface area contributed by atoms with Gasteiger partial charge in [0.2, 0.25) is 21.1 Å². The molecule has 0 saturated heterocycles. The first kappa shape index (κ1) is 17.5. The quantitative estimate of drug-likeness (QED) is 0.781. The molecule has 0 fully saturated rings. The Hall–Kier alpha value is -1.84. The maximum Gasteiger partial charge on any atom is 0.227 e. The number of nitrogens with zero attached hydrogens (tertiary/aromatic N) is 2. The highest BCUT2D eigenvalue weighted by Crippen LogP contribution is 2.20. The lowest BCUT2D eigenvalue weighted by Gasteiger charge is -2.02. The Morgan fingerprint density at radius 1 is 1.26 bits per heavy atom. The molecule has 1 aromatic heterocycles. The Morgan fingerprint density at radius 3 is 2.70 bits per heavy atom. The molecule has 7 nitrogen and oxygen atoms in total. The summed E-state index contributed by atoms with van der Waals surface area (Å²) in [4.78, 5) is 11.7. The largest absolute Gasteiger partial charge is 0.300 e. The third-order valence-corrected chi connectivity index (χ3v) is 4.60. The number of hydrogen-bond acceptors (Lipinski definition) is 6. The van der Waals surface area contributed by atoms with Gasteiger partial charge in [-0.05, 0) is 18.1 Å². The molecule has 9 heteroatoms. The van der Waals surface area contributed by atoms with E-state index in [4.69, 9.17) is 0 Å². The zero-order chi connectivity index (χ0) is 16.9. The van der Waals surface area contributed by atoms with Gasteiger partial charge < -0.3 is 5.32 Å². The molecule has 2 aromatic rings. The number of nitrogens with one attached hydrogen (secondary N) is 2. The summed E-state index contributed by atoms with van der Waals surface area (Å²) >= 11 is 1.31. The Bertz CT molecular complexity index is 787. The second-order valence-electron chi connectivity index (χ2n) is 5.07. The molecule has 0 aliphatic rings. The van der Waals surface area contributed by atoms with Crippen molar-refractivity contribution in [2.24, 2.45) is 0 Å². The van der Waals surface area contributed by atoms with E-state index in [1.807, 2.05) is 31.2 Å². The second-order valence-corrected chi connectivity index (χ2v) is 7.96. The van der Waals surface area contributed by atoms with Gasteiger partial charge in [0, 0.05) is 19.4 Å². The number of aryl methyl sites for hydroxylation is 1. The number of amides is 1. The summed E-state index contributed by atoms with van der Waals surface area (Å²) in [5, 5.41) is 11.8. The highest BCUT2D eigenvalue weighted by molar-refractivity contribution is 7.88. The fourth-order valence-corrected chi connectivity index (χ4v) is 3.13. The predicted molar refractivity (Wildman–Crippen MR) is 90.0 cm³/mol. The molecule has 124 valence electrons. The van der Waals surface area contributed by atoms with E-state index in [-0.39, 0.29) is 18.9 Å². The first-order valence-electron chi connectivity index (χ1n) is 6.95. The van der Waals surface area contributed by atoms with Gasteiger partial charge in [-0.15, -0.1) is 10.2 Å². The van der Waals surface area contributed by atoms with Crippen molar-refractivity contribution in [3.05, 3.63) is 40.4 Å². The standard InChI is InChI=1S/C14H18N4O3S2/c1-10-5-3-4-6-11(10)9-13-17-18-14(22-13)16-12(19)7-8-15-23(2,20)21/h3-6,15H,7-9H2,1-2H3,(H,16,18,19). The average molecular weight is 354 g/mol. The van der Waals surface area contributed by atoms with Gasteiger partial charge in [-0.25, -0.2) is 13.1 Å². The molecule has 0 spiro atoms. The summed E-state index contributed by atoms with van der Waals surface area (Å²) in [6, 6.07) is 8.02. The number of rotatable bonds is 7. The molecule has 1 amide bonds. The van der Waals surface area contributed by atoms with Crippen molar-refractivity contribution >= 4 is 32.4 Å². The van der Waals surface area contributed by atoms with Crippen LogP contribution in [0.2, 0.25) is 0 Å². The first-order chi connectivity index (χ1) is 10.8. The van der Waals surface area contributed by atoms with Crippen molar-refractivity contribution in [2.45, 2.75) is 19.8 Å². The van der Waals surface area contributed by atoms with Gasteiger partial charge in [0.05, 0.1) is 6.26 Å². The van der Waals surface area contributed by atoms with Crippen LogP contribution in [-0.4, -0.2) is 37.3 Å². The van der Waals surface area contributed by atoms with Crippen LogP contribution in [0, 0.1) is 6.92 Å². The Morgan fingerprint density at radius 2 is 2.00 bits per heavy atom. The number of carbonyl (C=O) groups excluding carboxylic acids is 1. The summed E-state index contributed by atoms with van der Waals surface area (Å²) in [6.07, 6.45) is 1.75. The normalized spacial score (nSPS) is 11.4. The molecule has 0 aliphatic heterocycles. The Balaban J connectivity index is 1.87. The zero-order valence-electron chi connectivity index (χ0n) is 12.9. The van der Waals surface area contributed by atoms with Crippen LogP contribution in [0.5, 0.6) is 0 Å². The molecule has 0 unspecified atom stereocenters. The number of benzene rings is 1. The van der Waals surface area contributed by atoms with Gasteiger partial charge in [0.1, 0.15) is 5.01 Å². The highest BCUT2D eigenvalue weighted by atomic mass is 32.2. The lowest BCUT2D eigenvalue weighted by Crippen LogP contribution is -2.26. The van der Waals surface area contributed by atoms with E-state index in [0.717, 1.165) is 11.3 Å². The lowest BCUT2D eigenvalue weighted by molar-refractivity contribution is -0.116. The van der Waals surface area contributed by atoms with E-state index in [1.54, 1.807) is 0 Å². The Labute approximate surface area is 139 Å². The van der Waals surface area contributed by atoms with Gasteiger partial charge in [0.15, 0.2) is 0 Å². The van der Waals surface area contributed by atoms with Crippen molar-refractivity contribution < 1.29 is 13.2 Å². The summed E-state index contributed by atoms with van der Waals surface area (Å²) in [5.74, 6) is -0.306. The lowest BCUT2D eigenvalue weighted by atomic mass is 10.1. The molecule has 1 aromatic carbocycles. The van der Waals surface area contributed by atoms with E-state index in [2.05, 4.69) is 20.2 Å². The van der Waals surface area contributed by atoms with Gasteiger partial charge in [0.25, 0.3) is 0 Å². The first-order valence-corrected chi connectivity index (χ1v) is 9.65. The number of aromatic nitrogens is 2. The van der Waals surface area contributed by atoms with Gasteiger partial charge in [-0.2, -0.15) is 0 Å². The van der Waals surface area contributed by atoms with E-state index >= 15 is 0 Å². The summed E-state index contributed by atoms with van der Waals surface area (Å²) in [7, 11) is -3.28. The van der Waals surface area contributed by atoms with E-state index in [9.17, 15) is 13.2 Å². The van der Waals surface area contributed by atoms with Gasteiger partial charge in [-0.1, -0.05) is 35.6 Å². The van der Waals surface area contributed by atoms with Crippen LogP contribution >= 0.6 is 11.3 Å². The van der Waals surface area contributed by atoms with Crippen LogP contribution in [0.25, 0.3) is 0 Å². The van der Waals surface area contributed by atoms with Gasteiger partial charge in [-0.3, -0.25) is 4.79 Å². The Kier molecular flexibility index (Phi) is 5.80. The third-order valence-electron chi connectivity index (χ3n) is 3.03. The molecule has 23 heavy (non-hydrogen) atoms. The third kappa shape index (κ3) is 6.05. The molecule has 2 rings (SSSR count). The molecule has 0 saturated carbocycles. The molecular formula is C14H18N4O3S2. The number of carbonyl (C=O) groups is 1. The van der Waals surface area contributed by atoms with Crippen LogP contribution < -0.4 is 10.0 Å². The smallest absolute Gasteiger partial charge is 0.227 e. The van der Waals surface area contributed by atoms with Crippen molar-refractivity contribution in [1.82, 2.24) is 14.9 Å². The molecule has 0 aliphatic carbocycles. The van der Waals surface area contributed by atoms with E-state index < -0.39 is 10.0 Å². The van der Waals surface area contributed by atoms with Crippen LogP contribution in [0.4, 0.5) is 5.13 Å². The highest BCUT2D eigenvalue weighted by Gasteiger charge is 2.10. The van der Waals surface area contributed by atoms with Crippen molar-refractivity contribution in [1.29, 1.82) is 0 Å². The SMILES string of the molecule is Cc1ccccc1Cc1nnc(NC(=O)CCNS(C)(=O)=O)s1. The van der Waals surface area contributed by atoms with Crippen molar-refractivity contribution in [2.75, 3.05) is 18.1 Å². The van der Waals surface area contributed by atoms with Crippen LogP contribution in [0.1, 0.15) is 22.6 Å². The number of sulfonamides is 1. The second kappa shape index (κ2) is 7.62. The fraction of sp³-hybridized carbons (Fsp3) is 0.357.